The Kier molecular flexibility index (Phi) is 5.02. The first kappa shape index (κ1) is 19.9. The third-order valence-corrected chi connectivity index (χ3v) is 4.60. The van der Waals surface area contributed by atoms with Crippen molar-refractivity contribution in [1.29, 1.82) is 0 Å². The molecule has 0 bridgehead atoms. The summed E-state index contributed by atoms with van der Waals surface area (Å²) in [7, 11) is 0. The monoisotopic (exact) mass is 399 g/mol. The highest BCUT2D eigenvalue weighted by Crippen LogP contribution is 2.28. The summed E-state index contributed by atoms with van der Waals surface area (Å²) >= 11 is 0. The highest BCUT2D eigenvalue weighted by molar-refractivity contribution is 6.23. The van der Waals surface area contributed by atoms with Crippen LogP contribution < -0.4 is 0 Å². The summed E-state index contributed by atoms with van der Waals surface area (Å²) in [6.45, 7) is 4.34. The van der Waals surface area contributed by atoms with E-state index in [0.717, 1.165) is 12.1 Å². The highest BCUT2D eigenvalue weighted by Gasteiger charge is 2.39. The van der Waals surface area contributed by atoms with Crippen molar-refractivity contribution in [3.63, 3.8) is 0 Å². The number of fused-ring (bicyclic) bond motifs is 1. The molecule has 10 heteroatoms. The fourth-order valence-electron chi connectivity index (χ4n) is 3.35. The summed E-state index contributed by atoms with van der Waals surface area (Å²) in [4.78, 5) is 64.1. The summed E-state index contributed by atoms with van der Waals surface area (Å²) in [6, 6.07) is 3.32. The Hall–Kier alpha value is -3.82. The molecule has 1 aromatic heterocycles. The fourth-order valence-corrected chi connectivity index (χ4v) is 3.35. The number of hydrogen-bond donors (Lipinski definition) is 1. The van der Waals surface area contributed by atoms with E-state index in [1.54, 1.807) is 20.8 Å². The van der Waals surface area contributed by atoms with Gasteiger partial charge in [-0.3, -0.25) is 29.4 Å². The van der Waals surface area contributed by atoms with Crippen molar-refractivity contribution >= 4 is 29.3 Å². The number of nitro groups is 1. The zero-order valence-electron chi connectivity index (χ0n) is 15.9. The number of Topliss-reactive ketones (excluding diaryl/α,β-unsaturated/α-hetero) is 1. The van der Waals surface area contributed by atoms with Gasteiger partial charge in [0.05, 0.1) is 40.3 Å². The molecule has 0 spiro atoms. The molecule has 0 fully saturated rings. The number of benzene rings is 1. The molecule has 150 valence electrons. The zero-order valence-corrected chi connectivity index (χ0v) is 15.9. The Bertz CT molecular complexity index is 1080. The van der Waals surface area contributed by atoms with E-state index in [-0.39, 0.29) is 34.5 Å². The molecule has 1 aromatic carbocycles. The van der Waals surface area contributed by atoms with Crippen molar-refractivity contribution < 1.29 is 28.8 Å². The van der Waals surface area contributed by atoms with Crippen LogP contribution in [-0.4, -0.2) is 51.5 Å². The number of non-ortho nitro benzene ring substituents is 1. The van der Waals surface area contributed by atoms with Crippen LogP contribution in [0, 0.1) is 24.0 Å². The number of aromatic nitrogens is 1. The number of aryl methyl sites for hydroxylation is 2. The molecule has 0 aliphatic carbocycles. The van der Waals surface area contributed by atoms with Crippen LogP contribution >= 0.6 is 0 Å². The van der Waals surface area contributed by atoms with Gasteiger partial charge >= 0.3 is 5.97 Å². The second-order valence-electron chi connectivity index (χ2n) is 6.45. The van der Waals surface area contributed by atoms with Gasteiger partial charge in [-0.1, -0.05) is 0 Å². The third-order valence-electron chi connectivity index (χ3n) is 4.60. The summed E-state index contributed by atoms with van der Waals surface area (Å²) < 4.78 is 4.99. The maximum absolute atomic E-state index is 12.9. The second-order valence-corrected chi connectivity index (χ2v) is 6.45. The van der Waals surface area contributed by atoms with Gasteiger partial charge in [0, 0.05) is 23.5 Å². The summed E-state index contributed by atoms with van der Waals surface area (Å²) in [6.07, 6.45) is 0. The van der Waals surface area contributed by atoms with Gasteiger partial charge < -0.3 is 9.72 Å². The van der Waals surface area contributed by atoms with Crippen LogP contribution in [0.1, 0.15) is 59.7 Å². The summed E-state index contributed by atoms with van der Waals surface area (Å²) in [5.41, 5.74) is 0.459. The van der Waals surface area contributed by atoms with Crippen LogP contribution in [0.25, 0.3) is 0 Å². The number of amides is 2. The average molecular weight is 399 g/mol. The first-order chi connectivity index (χ1) is 13.7. The van der Waals surface area contributed by atoms with Crippen molar-refractivity contribution in [2.75, 3.05) is 13.2 Å². The van der Waals surface area contributed by atoms with Crippen LogP contribution in [0.5, 0.6) is 0 Å². The number of nitro benzene ring substituents is 1. The highest BCUT2D eigenvalue weighted by atomic mass is 16.6. The summed E-state index contributed by atoms with van der Waals surface area (Å²) in [5.74, 6) is -2.84. The fraction of sp³-hybridized carbons (Fsp3) is 0.263. The largest absolute Gasteiger partial charge is 0.462 e. The number of nitrogens with one attached hydrogen (secondary N) is 1. The van der Waals surface area contributed by atoms with E-state index < -0.39 is 35.0 Å². The lowest BCUT2D eigenvalue weighted by atomic mass is 10.0. The van der Waals surface area contributed by atoms with Crippen molar-refractivity contribution in [3.05, 3.63) is 62.0 Å². The van der Waals surface area contributed by atoms with Crippen LogP contribution in [0.4, 0.5) is 5.69 Å². The minimum absolute atomic E-state index is 0.0130. The molecule has 0 radical (unpaired) electrons. The number of ketones is 1. The van der Waals surface area contributed by atoms with Crippen molar-refractivity contribution in [2.24, 2.45) is 0 Å². The third kappa shape index (κ3) is 3.28. The van der Waals surface area contributed by atoms with Gasteiger partial charge in [-0.25, -0.2) is 4.79 Å². The molecule has 3 rings (SSSR count). The Labute approximate surface area is 164 Å². The predicted octanol–water partition coefficient (Wildman–Crippen LogP) is 2.20. The maximum Gasteiger partial charge on any atom is 0.340 e. The number of carbonyl (C=O) groups is 4. The molecular weight excluding hydrogens is 382 g/mol. The van der Waals surface area contributed by atoms with Crippen LogP contribution in [0.2, 0.25) is 0 Å². The van der Waals surface area contributed by atoms with Gasteiger partial charge in [0.1, 0.15) is 0 Å². The number of esters is 1. The van der Waals surface area contributed by atoms with Crippen LogP contribution in [0.15, 0.2) is 18.2 Å². The Morgan fingerprint density at radius 3 is 2.34 bits per heavy atom. The van der Waals surface area contributed by atoms with Gasteiger partial charge in [0.2, 0.25) is 0 Å². The predicted molar refractivity (Wildman–Crippen MR) is 99.0 cm³/mol. The van der Waals surface area contributed by atoms with Crippen LogP contribution in [0.3, 0.4) is 0 Å². The number of ether oxygens (including phenoxy) is 1. The SMILES string of the molecule is CCOC(=O)c1c(C)[nH]c(C)c1C(=O)CN1C(=O)c2ccc([N+](=O)[O-])cc2C1=O. The Morgan fingerprint density at radius 2 is 1.72 bits per heavy atom. The number of H-pyrrole nitrogens is 1. The lowest BCUT2D eigenvalue weighted by molar-refractivity contribution is -0.384. The maximum atomic E-state index is 12.9. The van der Waals surface area contributed by atoms with Gasteiger partial charge in [-0.05, 0) is 26.8 Å². The molecule has 1 aliphatic rings. The number of nitrogens with zero attached hydrogens (tertiary/aromatic N) is 2. The van der Waals surface area contributed by atoms with Crippen molar-refractivity contribution in [3.8, 4) is 0 Å². The number of hydrogen-bond acceptors (Lipinski definition) is 7. The van der Waals surface area contributed by atoms with E-state index in [2.05, 4.69) is 4.98 Å². The molecule has 1 N–H and O–H groups in total. The zero-order chi connectivity index (χ0) is 21.5. The van der Waals surface area contributed by atoms with Crippen molar-refractivity contribution in [1.82, 2.24) is 9.88 Å². The number of imide groups is 1. The lowest BCUT2D eigenvalue weighted by Gasteiger charge is -2.13. The first-order valence-corrected chi connectivity index (χ1v) is 8.71. The smallest absolute Gasteiger partial charge is 0.340 e. The molecule has 2 amide bonds. The lowest BCUT2D eigenvalue weighted by Crippen LogP contribution is -2.35. The quantitative estimate of drug-likeness (QED) is 0.258. The molecule has 2 aromatic rings. The molecule has 0 atom stereocenters. The molecule has 0 saturated heterocycles. The molecule has 29 heavy (non-hydrogen) atoms. The van der Waals surface area contributed by atoms with Gasteiger partial charge in [-0.2, -0.15) is 0 Å². The van der Waals surface area contributed by atoms with E-state index in [4.69, 9.17) is 4.74 Å². The standard InChI is InChI=1S/C19H17N3O7/c1-4-29-19(26)16-10(3)20-9(2)15(16)14(23)8-21-17(24)12-6-5-11(22(27)28)7-13(12)18(21)25/h5-7,20H,4,8H2,1-3H3. The average Bonchev–Trinajstić information content (AvgIpc) is 3.09. The Morgan fingerprint density at radius 1 is 1.10 bits per heavy atom. The topological polar surface area (TPSA) is 140 Å². The summed E-state index contributed by atoms with van der Waals surface area (Å²) in [5, 5.41) is 10.9. The van der Waals surface area contributed by atoms with Gasteiger partial charge in [0.15, 0.2) is 5.78 Å². The van der Waals surface area contributed by atoms with Crippen molar-refractivity contribution in [2.45, 2.75) is 20.8 Å². The molecule has 0 unspecified atom stereocenters. The normalized spacial score (nSPS) is 12.9. The van der Waals surface area contributed by atoms with E-state index in [0.29, 0.717) is 16.3 Å². The van der Waals surface area contributed by atoms with Gasteiger partial charge in [0.25, 0.3) is 17.5 Å². The number of carbonyl (C=O) groups excluding carboxylic acids is 4. The van der Waals surface area contributed by atoms with E-state index in [9.17, 15) is 29.3 Å². The Balaban J connectivity index is 1.93. The second kappa shape index (κ2) is 7.30. The molecular formula is C19H17N3O7. The van der Waals surface area contributed by atoms with E-state index >= 15 is 0 Å². The van der Waals surface area contributed by atoms with E-state index in [1.807, 2.05) is 0 Å². The van der Waals surface area contributed by atoms with E-state index in [1.165, 1.54) is 6.07 Å². The number of rotatable bonds is 6. The molecule has 10 nitrogen and oxygen atoms in total. The molecule has 1 aliphatic heterocycles. The molecule has 0 saturated carbocycles. The first-order valence-electron chi connectivity index (χ1n) is 8.71. The van der Waals surface area contributed by atoms with Gasteiger partial charge in [-0.15, -0.1) is 0 Å². The minimum Gasteiger partial charge on any atom is -0.462 e. The molecule has 2 heterocycles. The number of aromatic amines is 1. The minimum atomic E-state index is -0.801. The van der Waals surface area contributed by atoms with Crippen LogP contribution in [-0.2, 0) is 4.74 Å².